The highest BCUT2D eigenvalue weighted by atomic mass is 19.1. The summed E-state index contributed by atoms with van der Waals surface area (Å²) >= 11 is 0. The fourth-order valence-corrected chi connectivity index (χ4v) is 3.00. The molecule has 0 saturated heterocycles. The van der Waals surface area contributed by atoms with Crippen LogP contribution in [0.4, 0.5) is 8.78 Å². The van der Waals surface area contributed by atoms with E-state index < -0.39 is 11.6 Å². The summed E-state index contributed by atoms with van der Waals surface area (Å²) in [7, 11) is 0. The first kappa shape index (κ1) is 22.6. The summed E-state index contributed by atoms with van der Waals surface area (Å²) in [5, 5.41) is 9.38. The zero-order valence-electron chi connectivity index (χ0n) is 17.0. The Balaban J connectivity index is 2.25. The zero-order chi connectivity index (χ0) is 21.4. The molecule has 2 aromatic rings. The van der Waals surface area contributed by atoms with Crippen molar-refractivity contribution in [2.24, 2.45) is 0 Å². The Morgan fingerprint density at radius 3 is 2.38 bits per heavy atom. The Hall–Kier alpha value is -2.73. The number of ether oxygens (including phenoxy) is 1. The molecule has 0 aliphatic heterocycles. The van der Waals surface area contributed by atoms with Crippen LogP contribution in [-0.4, -0.2) is 35.6 Å². The van der Waals surface area contributed by atoms with Crippen LogP contribution >= 0.6 is 0 Å². The van der Waals surface area contributed by atoms with Gasteiger partial charge in [0, 0.05) is 25.8 Å². The second-order valence-corrected chi connectivity index (χ2v) is 6.62. The zero-order valence-corrected chi connectivity index (χ0v) is 17.0. The number of aliphatic hydroxyl groups is 1. The van der Waals surface area contributed by atoms with Crippen molar-refractivity contribution in [3.8, 4) is 5.75 Å². The molecule has 0 aliphatic carbocycles. The summed E-state index contributed by atoms with van der Waals surface area (Å²) in [6.07, 6.45) is 1.90. The Bertz CT molecular complexity index is 856. The minimum Gasteiger partial charge on any atom is -0.488 e. The minimum absolute atomic E-state index is 0.0634. The van der Waals surface area contributed by atoms with E-state index in [2.05, 4.69) is 0 Å². The highest BCUT2D eigenvalue weighted by Crippen LogP contribution is 2.26. The third-order valence-corrected chi connectivity index (χ3v) is 4.75. The van der Waals surface area contributed by atoms with E-state index in [1.54, 1.807) is 23.1 Å². The highest BCUT2D eigenvalue weighted by Gasteiger charge is 2.13. The monoisotopic (exact) mass is 403 g/mol. The van der Waals surface area contributed by atoms with E-state index in [1.807, 2.05) is 26.8 Å². The molecular formula is C23H27F2NO3. The van der Waals surface area contributed by atoms with Gasteiger partial charge in [0.05, 0.1) is 5.56 Å². The topological polar surface area (TPSA) is 49.8 Å². The molecule has 0 bridgehead atoms. The Kier molecular flexibility index (Phi) is 8.34. The maximum Gasteiger partial charge on any atom is 0.246 e. The number of rotatable bonds is 9. The molecule has 4 nitrogen and oxygen atoms in total. The van der Waals surface area contributed by atoms with Crippen LogP contribution in [-0.2, 0) is 17.8 Å². The predicted molar refractivity (Wildman–Crippen MR) is 110 cm³/mol. The first-order chi connectivity index (χ1) is 13.9. The van der Waals surface area contributed by atoms with Crippen molar-refractivity contribution in [1.29, 1.82) is 0 Å². The second kappa shape index (κ2) is 10.7. The summed E-state index contributed by atoms with van der Waals surface area (Å²) in [6.45, 7) is 6.60. The largest absolute Gasteiger partial charge is 0.488 e. The fourth-order valence-electron chi connectivity index (χ4n) is 3.00. The number of halogens is 2. The van der Waals surface area contributed by atoms with Crippen LogP contribution in [0.2, 0.25) is 0 Å². The predicted octanol–water partition coefficient (Wildman–Crippen LogP) is 4.35. The van der Waals surface area contributed by atoms with Gasteiger partial charge in [0.15, 0.2) is 0 Å². The molecule has 0 atom stereocenters. The SMILES string of the molecule is CCN(CC)C(=O)/C=C(\C)c1ccc(OCc2c(F)cccc2F)c(CCO)c1. The molecule has 0 radical (unpaired) electrons. The van der Waals surface area contributed by atoms with Crippen molar-refractivity contribution < 1.29 is 23.4 Å². The van der Waals surface area contributed by atoms with Gasteiger partial charge in [0.25, 0.3) is 0 Å². The van der Waals surface area contributed by atoms with Crippen molar-refractivity contribution in [2.45, 2.75) is 33.8 Å². The normalized spacial score (nSPS) is 11.4. The van der Waals surface area contributed by atoms with Gasteiger partial charge in [-0.25, -0.2) is 8.78 Å². The fraction of sp³-hybridized carbons (Fsp3) is 0.348. The van der Waals surface area contributed by atoms with Crippen molar-refractivity contribution in [3.63, 3.8) is 0 Å². The summed E-state index contributed by atoms with van der Waals surface area (Å²) < 4.78 is 33.3. The Morgan fingerprint density at radius 2 is 1.79 bits per heavy atom. The average Bonchev–Trinajstić information content (AvgIpc) is 2.69. The van der Waals surface area contributed by atoms with Crippen LogP contribution in [0.1, 0.15) is 37.5 Å². The van der Waals surface area contributed by atoms with Gasteiger partial charge in [-0.1, -0.05) is 12.1 Å². The van der Waals surface area contributed by atoms with Gasteiger partial charge in [-0.05, 0) is 68.2 Å². The lowest BCUT2D eigenvalue weighted by Gasteiger charge is -2.17. The van der Waals surface area contributed by atoms with Gasteiger partial charge in [0.2, 0.25) is 5.91 Å². The second-order valence-electron chi connectivity index (χ2n) is 6.62. The van der Waals surface area contributed by atoms with Crippen molar-refractivity contribution >= 4 is 11.5 Å². The molecule has 29 heavy (non-hydrogen) atoms. The van der Waals surface area contributed by atoms with E-state index in [9.17, 15) is 18.7 Å². The standard InChI is InChI=1S/C23H27F2NO3/c1-4-26(5-2)23(28)13-16(3)17-9-10-22(18(14-17)11-12-27)29-15-19-20(24)7-6-8-21(19)25/h6-10,13-14,27H,4-5,11-12,15H2,1-3H3/b16-13+. The molecule has 6 heteroatoms. The third kappa shape index (κ3) is 5.87. The maximum atomic E-state index is 13.8. The summed E-state index contributed by atoms with van der Waals surface area (Å²) in [4.78, 5) is 14.0. The number of carbonyl (C=O) groups is 1. The van der Waals surface area contributed by atoms with Crippen LogP contribution in [0.3, 0.4) is 0 Å². The minimum atomic E-state index is -0.668. The summed E-state index contributed by atoms with van der Waals surface area (Å²) in [6, 6.07) is 8.97. The molecule has 1 amide bonds. The van der Waals surface area contributed by atoms with E-state index in [4.69, 9.17) is 4.74 Å². The number of allylic oxidation sites excluding steroid dienone is 1. The molecule has 0 spiro atoms. The molecule has 2 rings (SSSR count). The molecule has 0 saturated carbocycles. The average molecular weight is 403 g/mol. The van der Waals surface area contributed by atoms with Crippen molar-refractivity contribution in [1.82, 2.24) is 4.90 Å². The van der Waals surface area contributed by atoms with Gasteiger partial charge in [-0.15, -0.1) is 0 Å². The first-order valence-electron chi connectivity index (χ1n) is 9.68. The van der Waals surface area contributed by atoms with Crippen LogP contribution in [0.15, 0.2) is 42.5 Å². The molecule has 156 valence electrons. The van der Waals surface area contributed by atoms with Gasteiger partial charge in [-0.2, -0.15) is 0 Å². The number of hydrogen-bond donors (Lipinski definition) is 1. The van der Waals surface area contributed by atoms with Gasteiger partial charge in [0.1, 0.15) is 24.0 Å². The number of benzene rings is 2. The lowest BCUT2D eigenvalue weighted by molar-refractivity contribution is -0.125. The number of likely N-dealkylation sites (N-methyl/N-ethyl adjacent to an activating group) is 1. The Morgan fingerprint density at radius 1 is 1.14 bits per heavy atom. The summed E-state index contributed by atoms with van der Waals surface area (Å²) in [5.41, 5.74) is 2.16. The van der Waals surface area contributed by atoms with E-state index in [-0.39, 0.29) is 24.7 Å². The van der Waals surface area contributed by atoms with Crippen LogP contribution in [0.25, 0.3) is 5.57 Å². The van der Waals surface area contributed by atoms with Crippen LogP contribution in [0, 0.1) is 11.6 Å². The summed E-state index contributed by atoms with van der Waals surface area (Å²) in [5.74, 6) is -0.960. The first-order valence-corrected chi connectivity index (χ1v) is 9.68. The number of aliphatic hydroxyl groups excluding tert-OH is 1. The van der Waals surface area contributed by atoms with E-state index in [1.165, 1.54) is 18.2 Å². The number of carbonyl (C=O) groups excluding carboxylic acids is 1. The van der Waals surface area contributed by atoms with E-state index in [0.29, 0.717) is 30.8 Å². The number of amides is 1. The lowest BCUT2D eigenvalue weighted by Crippen LogP contribution is -2.28. The lowest BCUT2D eigenvalue weighted by atomic mass is 10.0. The molecular weight excluding hydrogens is 376 g/mol. The smallest absolute Gasteiger partial charge is 0.246 e. The number of hydrogen-bond acceptors (Lipinski definition) is 3. The maximum absolute atomic E-state index is 13.8. The van der Waals surface area contributed by atoms with Crippen LogP contribution < -0.4 is 4.74 Å². The van der Waals surface area contributed by atoms with E-state index >= 15 is 0 Å². The molecule has 0 aromatic heterocycles. The number of nitrogens with zero attached hydrogens (tertiary/aromatic N) is 1. The van der Waals surface area contributed by atoms with Crippen LogP contribution in [0.5, 0.6) is 5.75 Å². The third-order valence-electron chi connectivity index (χ3n) is 4.75. The molecule has 0 unspecified atom stereocenters. The van der Waals surface area contributed by atoms with Gasteiger partial charge >= 0.3 is 0 Å². The molecule has 0 aliphatic rings. The van der Waals surface area contributed by atoms with Gasteiger partial charge in [-0.3, -0.25) is 4.79 Å². The molecule has 2 aromatic carbocycles. The highest BCUT2D eigenvalue weighted by molar-refractivity contribution is 5.94. The van der Waals surface area contributed by atoms with Crippen molar-refractivity contribution in [2.75, 3.05) is 19.7 Å². The van der Waals surface area contributed by atoms with Gasteiger partial charge < -0.3 is 14.7 Å². The molecule has 0 fully saturated rings. The molecule has 1 N–H and O–H groups in total. The quantitative estimate of drug-likeness (QED) is 0.634. The Labute approximate surface area is 170 Å². The molecule has 0 heterocycles. The van der Waals surface area contributed by atoms with Crippen molar-refractivity contribution in [3.05, 3.63) is 70.8 Å². The van der Waals surface area contributed by atoms with E-state index in [0.717, 1.165) is 11.1 Å².